The second kappa shape index (κ2) is 3.75. The van der Waals surface area contributed by atoms with Gasteiger partial charge in [-0.05, 0) is 12.1 Å². The zero-order valence-corrected chi connectivity index (χ0v) is 7.15. The van der Waals surface area contributed by atoms with Crippen LogP contribution in [0.3, 0.4) is 0 Å². The van der Waals surface area contributed by atoms with E-state index in [9.17, 15) is 26.3 Å². The molecule has 1 aromatic rings. The summed E-state index contributed by atoms with van der Waals surface area (Å²) in [6.07, 6.45) is -4.42. The molecule has 0 aromatic heterocycles. The lowest BCUT2D eigenvalue weighted by Crippen LogP contribution is -2.44. The molecule has 0 heterocycles. The lowest BCUT2D eigenvalue weighted by atomic mass is 10.0. The number of alkyl halides is 6. The van der Waals surface area contributed by atoms with Gasteiger partial charge in [-0.2, -0.15) is 17.6 Å². The first-order valence-corrected chi connectivity index (χ1v) is 3.80. The van der Waals surface area contributed by atoms with Crippen molar-refractivity contribution in [2.45, 2.75) is 18.3 Å². The Morgan fingerprint density at radius 3 is 2.13 bits per heavy atom. The largest absolute Gasteiger partial charge is 0.373 e. The molecule has 1 radical (unpaired) electrons. The first-order chi connectivity index (χ1) is 6.80. The van der Waals surface area contributed by atoms with Crippen LogP contribution in [0.25, 0.3) is 0 Å². The number of benzene rings is 1. The van der Waals surface area contributed by atoms with Gasteiger partial charge in [-0.15, -0.1) is 0 Å². The monoisotopic (exact) mass is 227 g/mol. The predicted molar refractivity (Wildman–Crippen MR) is 40.1 cm³/mol. The molecule has 0 aliphatic rings. The SMILES string of the molecule is FC(F)C(F)(F)C(F)(F)c1c[c]ccc1. The molecule has 0 spiro atoms. The molecule has 0 saturated heterocycles. The average molecular weight is 227 g/mol. The fourth-order valence-electron chi connectivity index (χ4n) is 0.918. The molecule has 0 aliphatic heterocycles. The molecule has 0 amide bonds. The molecular formula is C9H5F6. The van der Waals surface area contributed by atoms with Crippen molar-refractivity contribution in [2.24, 2.45) is 0 Å². The van der Waals surface area contributed by atoms with E-state index in [4.69, 9.17) is 0 Å². The van der Waals surface area contributed by atoms with E-state index in [0.717, 1.165) is 6.07 Å². The Bertz CT molecular complexity index is 319. The molecule has 15 heavy (non-hydrogen) atoms. The maximum Gasteiger partial charge on any atom is 0.373 e. The third-order valence-corrected chi connectivity index (χ3v) is 1.76. The quantitative estimate of drug-likeness (QED) is 0.693. The molecule has 0 nitrogen and oxygen atoms in total. The molecule has 0 unspecified atom stereocenters. The van der Waals surface area contributed by atoms with E-state index in [1.165, 1.54) is 6.07 Å². The van der Waals surface area contributed by atoms with Gasteiger partial charge in [-0.1, -0.05) is 18.2 Å². The topological polar surface area (TPSA) is 0 Å². The van der Waals surface area contributed by atoms with Crippen LogP contribution < -0.4 is 0 Å². The molecule has 0 fully saturated rings. The van der Waals surface area contributed by atoms with Crippen molar-refractivity contribution in [2.75, 3.05) is 0 Å². The fourth-order valence-corrected chi connectivity index (χ4v) is 0.918. The summed E-state index contributed by atoms with van der Waals surface area (Å²) in [5.74, 6) is -10.3. The lowest BCUT2D eigenvalue weighted by Gasteiger charge is -2.25. The Kier molecular flexibility index (Phi) is 2.97. The van der Waals surface area contributed by atoms with Crippen LogP contribution >= 0.6 is 0 Å². The summed E-state index contributed by atoms with van der Waals surface area (Å²) in [4.78, 5) is 0. The smallest absolute Gasteiger partial charge is 0.203 e. The Morgan fingerprint density at radius 1 is 1.13 bits per heavy atom. The van der Waals surface area contributed by atoms with E-state index in [1.807, 2.05) is 0 Å². The summed E-state index contributed by atoms with van der Waals surface area (Å²) >= 11 is 0. The molecule has 1 aromatic carbocycles. The Morgan fingerprint density at radius 2 is 1.73 bits per heavy atom. The zero-order valence-electron chi connectivity index (χ0n) is 7.15. The Balaban J connectivity index is 3.13. The van der Waals surface area contributed by atoms with Gasteiger partial charge >= 0.3 is 18.3 Å². The van der Waals surface area contributed by atoms with Gasteiger partial charge in [-0.3, -0.25) is 0 Å². The molecule has 0 atom stereocenters. The summed E-state index contributed by atoms with van der Waals surface area (Å²) < 4.78 is 74.4. The van der Waals surface area contributed by atoms with Gasteiger partial charge in [0.1, 0.15) is 0 Å². The predicted octanol–water partition coefficient (Wildman–Crippen LogP) is 3.48. The molecule has 0 N–H and O–H groups in total. The second-order valence-corrected chi connectivity index (χ2v) is 2.79. The first-order valence-electron chi connectivity index (χ1n) is 3.80. The van der Waals surface area contributed by atoms with Crippen LogP contribution in [0.1, 0.15) is 5.56 Å². The van der Waals surface area contributed by atoms with Crippen LogP contribution in [0.5, 0.6) is 0 Å². The molecule has 0 aliphatic carbocycles. The van der Waals surface area contributed by atoms with E-state index in [0.29, 0.717) is 12.1 Å². The van der Waals surface area contributed by atoms with Crippen LogP contribution in [-0.4, -0.2) is 12.3 Å². The first kappa shape index (κ1) is 11.9. The van der Waals surface area contributed by atoms with Crippen molar-refractivity contribution in [3.05, 3.63) is 35.9 Å². The summed E-state index contributed by atoms with van der Waals surface area (Å²) in [6.45, 7) is 0. The number of hydrogen-bond donors (Lipinski definition) is 0. The van der Waals surface area contributed by atoms with Crippen molar-refractivity contribution in [3.8, 4) is 0 Å². The highest BCUT2D eigenvalue weighted by Crippen LogP contribution is 2.46. The van der Waals surface area contributed by atoms with Crippen LogP contribution in [0, 0.1) is 6.07 Å². The van der Waals surface area contributed by atoms with Gasteiger partial charge in [0.25, 0.3) is 0 Å². The van der Waals surface area contributed by atoms with Crippen LogP contribution in [0.4, 0.5) is 26.3 Å². The summed E-state index contributed by atoms with van der Waals surface area (Å²) in [6, 6.07) is 5.53. The van der Waals surface area contributed by atoms with Gasteiger partial charge in [0, 0.05) is 5.56 Å². The van der Waals surface area contributed by atoms with E-state index in [1.54, 1.807) is 0 Å². The summed E-state index contributed by atoms with van der Waals surface area (Å²) in [5.41, 5.74) is -1.18. The normalized spacial score (nSPS) is 13.3. The maximum atomic E-state index is 12.9. The minimum atomic E-state index is -5.39. The van der Waals surface area contributed by atoms with Crippen molar-refractivity contribution in [1.29, 1.82) is 0 Å². The highest BCUT2D eigenvalue weighted by atomic mass is 19.3. The Labute approximate surface area is 81.5 Å². The van der Waals surface area contributed by atoms with Crippen molar-refractivity contribution >= 4 is 0 Å². The second-order valence-electron chi connectivity index (χ2n) is 2.79. The van der Waals surface area contributed by atoms with Gasteiger partial charge in [0.2, 0.25) is 0 Å². The van der Waals surface area contributed by atoms with Gasteiger partial charge in [0.15, 0.2) is 0 Å². The third kappa shape index (κ3) is 1.93. The van der Waals surface area contributed by atoms with Gasteiger partial charge < -0.3 is 0 Å². The molecule has 1 rings (SSSR count). The molecule has 0 saturated carbocycles. The van der Waals surface area contributed by atoms with E-state index >= 15 is 0 Å². The van der Waals surface area contributed by atoms with Crippen molar-refractivity contribution in [1.82, 2.24) is 0 Å². The summed E-state index contributed by atoms with van der Waals surface area (Å²) in [7, 11) is 0. The molecular weight excluding hydrogens is 222 g/mol. The minimum absolute atomic E-state index is 0.552. The Hall–Kier alpha value is -1.20. The molecule has 0 bridgehead atoms. The number of rotatable bonds is 3. The number of halogens is 6. The average Bonchev–Trinajstić information content (AvgIpc) is 2.18. The van der Waals surface area contributed by atoms with E-state index in [-0.39, 0.29) is 0 Å². The zero-order chi connectivity index (χ0) is 11.7. The summed E-state index contributed by atoms with van der Waals surface area (Å²) in [5, 5.41) is 0. The number of hydrogen-bond acceptors (Lipinski definition) is 0. The van der Waals surface area contributed by atoms with Crippen LogP contribution in [-0.2, 0) is 5.92 Å². The maximum absolute atomic E-state index is 12.9. The van der Waals surface area contributed by atoms with Crippen molar-refractivity contribution in [3.63, 3.8) is 0 Å². The molecule has 6 heteroatoms. The van der Waals surface area contributed by atoms with Crippen LogP contribution in [0.15, 0.2) is 24.3 Å². The van der Waals surface area contributed by atoms with Crippen LogP contribution in [0.2, 0.25) is 0 Å². The van der Waals surface area contributed by atoms with Gasteiger partial charge in [-0.25, -0.2) is 8.78 Å². The van der Waals surface area contributed by atoms with E-state index < -0.39 is 23.8 Å². The van der Waals surface area contributed by atoms with E-state index in [2.05, 4.69) is 6.07 Å². The third-order valence-electron chi connectivity index (χ3n) is 1.76. The van der Waals surface area contributed by atoms with Gasteiger partial charge in [0.05, 0.1) is 0 Å². The van der Waals surface area contributed by atoms with Crippen molar-refractivity contribution < 1.29 is 26.3 Å². The standard InChI is InChI=1S/C9H5F6/c10-7(11)9(14,15)8(12,13)6-4-2-1-3-5-6/h1-2,4-5,7H. The molecule has 83 valence electrons. The highest BCUT2D eigenvalue weighted by Gasteiger charge is 2.63. The fraction of sp³-hybridized carbons (Fsp3) is 0.333. The minimum Gasteiger partial charge on any atom is -0.203 e. The highest BCUT2D eigenvalue weighted by molar-refractivity contribution is 5.22. The lowest BCUT2D eigenvalue weighted by molar-refractivity contribution is -0.270.